The van der Waals surface area contributed by atoms with Crippen molar-refractivity contribution in [1.29, 1.82) is 0 Å². The van der Waals surface area contributed by atoms with E-state index in [2.05, 4.69) is 16.9 Å². The molecule has 0 atom stereocenters. The van der Waals surface area contributed by atoms with Crippen LogP contribution in [-0.4, -0.2) is 31.7 Å². The van der Waals surface area contributed by atoms with Gasteiger partial charge in [-0.25, -0.2) is 8.42 Å². The molecule has 0 radical (unpaired) electrons. The van der Waals surface area contributed by atoms with Gasteiger partial charge in [-0.2, -0.15) is 4.31 Å². The van der Waals surface area contributed by atoms with Gasteiger partial charge in [0.25, 0.3) is 10.0 Å². The van der Waals surface area contributed by atoms with Crippen molar-refractivity contribution >= 4 is 27.3 Å². The molecule has 132 valence electrons. The van der Waals surface area contributed by atoms with E-state index in [0.29, 0.717) is 30.1 Å². The summed E-state index contributed by atoms with van der Waals surface area (Å²) in [6.07, 6.45) is 7.60. The molecule has 8 heteroatoms. The lowest BCUT2D eigenvalue weighted by Crippen LogP contribution is -2.46. The van der Waals surface area contributed by atoms with Gasteiger partial charge in [0.15, 0.2) is 0 Å². The van der Waals surface area contributed by atoms with Crippen LogP contribution in [0.5, 0.6) is 0 Å². The van der Waals surface area contributed by atoms with Crippen molar-refractivity contribution in [3.8, 4) is 0 Å². The van der Waals surface area contributed by atoms with E-state index in [-0.39, 0.29) is 11.8 Å². The predicted molar refractivity (Wildman–Crippen MR) is 93.6 cm³/mol. The topological polar surface area (TPSA) is 78.5 Å². The molecule has 24 heavy (non-hydrogen) atoms. The molecule has 0 unspecified atom stereocenters. The summed E-state index contributed by atoms with van der Waals surface area (Å²) < 4.78 is 26.8. The van der Waals surface area contributed by atoms with E-state index in [9.17, 15) is 13.2 Å². The molecule has 1 aliphatic heterocycles. The first-order valence-corrected chi connectivity index (χ1v) is 10.7. The van der Waals surface area contributed by atoms with Crippen molar-refractivity contribution in [3.63, 3.8) is 0 Å². The Labute approximate surface area is 147 Å². The van der Waals surface area contributed by atoms with Crippen LogP contribution in [0.2, 0.25) is 0 Å². The maximum Gasteiger partial charge on any atom is 0.252 e. The molecule has 1 amide bonds. The Balaban J connectivity index is 1.49. The van der Waals surface area contributed by atoms with Gasteiger partial charge in [-0.05, 0) is 50.0 Å². The molecule has 1 fully saturated rings. The summed E-state index contributed by atoms with van der Waals surface area (Å²) in [5.74, 6) is -0.189. The van der Waals surface area contributed by atoms with Gasteiger partial charge >= 0.3 is 0 Å². The van der Waals surface area contributed by atoms with Gasteiger partial charge in [0.2, 0.25) is 5.91 Å². The number of nitrogens with one attached hydrogen (secondary N) is 2. The third-order valence-electron chi connectivity index (χ3n) is 4.55. The van der Waals surface area contributed by atoms with Crippen molar-refractivity contribution in [3.05, 3.63) is 29.3 Å². The van der Waals surface area contributed by atoms with Crippen LogP contribution in [0.1, 0.15) is 38.5 Å². The fourth-order valence-electron chi connectivity index (χ4n) is 3.09. The number of amides is 1. The second-order valence-corrected chi connectivity index (χ2v) is 9.31. The van der Waals surface area contributed by atoms with Crippen LogP contribution >= 0.6 is 11.3 Å². The highest BCUT2D eigenvalue weighted by Crippen LogP contribution is 2.26. The van der Waals surface area contributed by atoms with Crippen LogP contribution in [0.4, 0.5) is 0 Å². The lowest BCUT2D eigenvalue weighted by atomic mass is 9.97. The highest BCUT2D eigenvalue weighted by molar-refractivity contribution is 7.91. The Bertz CT molecular complexity index is 690. The van der Waals surface area contributed by atoms with E-state index < -0.39 is 10.0 Å². The van der Waals surface area contributed by atoms with E-state index >= 15 is 0 Å². The van der Waals surface area contributed by atoms with Gasteiger partial charge in [0.05, 0.1) is 0 Å². The summed E-state index contributed by atoms with van der Waals surface area (Å²) in [5, 5.41) is 1.76. The molecule has 0 aromatic carbocycles. The van der Waals surface area contributed by atoms with Gasteiger partial charge in [-0.15, -0.1) is 11.3 Å². The summed E-state index contributed by atoms with van der Waals surface area (Å²) in [5.41, 5.74) is 6.87. The van der Waals surface area contributed by atoms with Crippen LogP contribution < -0.4 is 10.9 Å². The quantitative estimate of drug-likeness (QED) is 0.780. The maximum atomic E-state index is 12.5. The van der Waals surface area contributed by atoms with Crippen molar-refractivity contribution in [2.75, 3.05) is 13.1 Å². The first-order chi connectivity index (χ1) is 11.6. The molecule has 1 aliphatic carbocycles. The fraction of sp³-hybridized carbons (Fsp3) is 0.562. The third-order valence-corrected chi connectivity index (χ3v) is 7.82. The molecule has 0 bridgehead atoms. The molecular weight excluding hydrogens is 346 g/mol. The number of hydrogen-bond donors (Lipinski definition) is 2. The van der Waals surface area contributed by atoms with Gasteiger partial charge < -0.3 is 5.43 Å². The number of carbonyl (C=O) groups is 1. The van der Waals surface area contributed by atoms with Crippen LogP contribution in [0.15, 0.2) is 33.5 Å². The maximum absolute atomic E-state index is 12.5. The minimum Gasteiger partial charge on any atom is -0.303 e. The molecule has 1 aromatic heterocycles. The lowest BCUT2D eigenvalue weighted by Gasteiger charge is -2.30. The highest BCUT2D eigenvalue weighted by atomic mass is 32.2. The predicted octanol–water partition coefficient (Wildman–Crippen LogP) is 2.23. The Hall–Kier alpha value is -1.38. The zero-order valence-electron chi connectivity index (χ0n) is 13.5. The number of hydrazine groups is 1. The average Bonchev–Trinajstić information content (AvgIpc) is 3.16. The van der Waals surface area contributed by atoms with E-state index in [1.807, 2.05) is 0 Å². The van der Waals surface area contributed by atoms with Gasteiger partial charge in [0, 0.05) is 24.7 Å². The monoisotopic (exact) mass is 369 g/mol. The average molecular weight is 370 g/mol. The molecular formula is C16H23N3O3S2. The number of nitrogens with zero attached hydrogens (tertiary/aromatic N) is 1. The molecule has 2 aliphatic rings. The van der Waals surface area contributed by atoms with Crippen LogP contribution in [0, 0.1) is 5.92 Å². The van der Waals surface area contributed by atoms with E-state index in [0.717, 1.165) is 25.0 Å². The summed E-state index contributed by atoms with van der Waals surface area (Å²) in [7, 11) is -3.40. The molecule has 1 aromatic rings. The fourth-order valence-corrected chi connectivity index (χ4v) is 5.71. The Morgan fingerprint density at radius 3 is 2.67 bits per heavy atom. The Morgan fingerprint density at radius 1 is 1.25 bits per heavy atom. The first-order valence-electron chi connectivity index (χ1n) is 8.36. The number of hydrogen-bond acceptors (Lipinski definition) is 5. The van der Waals surface area contributed by atoms with E-state index in [4.69, 9.17) is 0 Å². The van der Waals surface area contributed by atoms with E-state index in [1.54, 1.807) is 17.5 Å². The summed E-state index contributed by atoms with van der Waals surface area (Å²) in [4.78, 5) is 12.3. The lowest BCUT2D eigenvalue weighted by molar-refractivity contribution is -0.126. The number of rotatable bonds is 5. The molecule has 3 rings (SSSR count). The normalized spacial score (nSPS) is 20.4. The Kier molecular flexibility index (Phi) is 5.57. The largest absolute Gasteiger partial charge is 0.303 e. The second-order valence-electron chi connectivity index (χ2n) is 6.20. The molecule has 0 spiro atoms. The van der Waals surface area contributed by atoms with Crippen LogP contribution in [-0.2, 0) is 14.8 Å². The summed E-state index contributed by atoms with van der Waals surface area (Å²) >= 11 is 1.23. The SMILES string of the molecule is O=C(NNC1=CCCCC1)C1CCN(S(=O)(=O)c2cccs2)CC1. The number of sulfonamides is 1. The standard InChI is InChI=1S/C16H23N3O3S2/c20-16(18-17-14-5-2-1-3-6-14)13-8-10-19(11-9-13)24(21,22)15-7-4-12-23-15/h4-5,7,12-13,17H,1-3,6,8-11H2,(H,18,20). The molecule has 0 saturated carbocycles. The Morgan fingerprint density at radius 2 is 2.04 bits per heavy atom. The highest BCUT2D eigenvalue weighted by Gasteiger charge is 2.32. The number of carbonyl (C=O) groups excluding carboxylic acids is 1. The van der Waals surface area contributed by atoms with Crippen molar-refractivity contribution in [1.82, 2.24) is 15.2 Å². The van der Waals surface area contributed by atoms with Crippen molar-refractivity contribution in [2.45, 2.75) is 42.7 Å². The first kappa shape index (κ1) is 17.4. The molecule has 2 heterocycles. The summed E-state index contributed by atoms with van der Waals surface area (Å²) in [6.45, 7) is 0.780. The second kappa shape index (κ2) is 7.67. The number of thiophene rings is 1. The van der Waals surface area contributed by atoms with Gasteiger partial charge in [-0.3, -0.25) is 10.2 Å². The van der Waals surface area contributed by atoms with Crippen LogP contribution in [0.25, 0.3) is 0 Å². The zero-order chi connectivity index (χ0) is 17.0. The minimum absolute atomic E-state index is 0.0466. The smallest absolute Gasteiger partial charge is 0.252 e. The van der Waals surface area contributed by atoms with Crippen LogP contribution in [0.3, 0.4) is 0 Å². The molecule has 2 N–H and O–H groups in total. The third kappa shape index (κ3) is 3.99. The number of allylic oxidation sites excluding steroid dienone is 2. The zero-order valence-corrected chi connectivity index (χ0v) is 15.2. The van der Waals surface area contributed by atoms with E-state index in [1.165, 1.54) is 22.1 Å². The number of piperidine rings is 1. The van der Waals surface area contributed by atoms with Crippen molar-refractivity contribution in [2.24, 2.45) is 5.92 Å². The van der Waals surface area contributed by atoms with Crippen molar-refractivity contribution < 1.29 is 13.2 Å². The molecule has 1 saturated heterocycles. The molecule has 6 nitrogen and oxygen atoms in total. The van der Waals surface area contributed by atoms with Gasteiger partial charge in [0.1, 0.15) is 4.21 Å². The summed E-state index contributed by atoms with van der Waals surface area (Å²) in [6, 6.07) is 3.37. The minimum atomic E-state index is -3.40. The van der Waals surface area contributed by atoms with Gasteiger partial charge in [-0.1, -0.05) is 12.1 Å².